The Hall–Kier alpha value is -4.12. The first-order valence-electron chi connectivity index (χ1n) is 9.02. The van der Waals surface area contributed by atoms with Gasteiger partial charge in [-0.05, 0) is 48.0 Å². The molecule has 0 aromatic heterocycles. The van der Waals surface area contributed by atoms with Crippen molar-refractivity contribution in [1.82, 2.24) is 5.32 Å². The zero-order valence-corrected chi connectivity index (χ0v) is 16.9. The molecular formula is C22H22N4O4. The van der Waals surface area contributed by atoms with Crippen LogP contribution in [-0.4, -0.2) is 45.5 Å². The lowest BCUT2D eigenvalue weighted by molar-refractivity contribution is -0.142. The molecule has 0 fully saturated rings. The third-order valence-corrected chi connectivity index (χ3v) is 4.05. The number of carbonyl (C=O) groups is 3. The number of hydrogen-bond acceptors (Lipinski definition) is 6. The summed E-state index contributed by atoms with van der Waals surface area (Å²) in [6.07, 6.45) is 1.40. The number of benzene rings is 2. The first-order valence-corrected chi connectivity index (χ1v) is 9.02. The van der Waals surface area contributed by atoms with Gasteiger partial charge >= 0.3 is 5.97 Å². The van der Waals surface area contributed by atoms with Crippen molar-refractivity contribution >= 4 is 35.2 Å². The SMILES string of the molecule is CNC(=O)c1ccc(NC(=O)COC(=O)/C(C#N)=C/c2ccc(N(C)C)cc2)cc1. The first kappa shape index (κ1) is 22.2. The lowest BCUT2D eigenvalue weighted by atomic mass is 10.1. The van der Waals surface area contributed by atoms with Crippen LogP contribution in [0.5, 0.6) is 0 Å². The number of nitrogens with one attached hydrogen (secondary N) is 2. The maximum atomic E-state index is 12.1. The van der Waals surface area contributed by atoms with Crippen LogP contribution in [0.25, 0.3) is 6.08 Å². The van der Waals surface area contributed by atoms with Crippen LogP contribution in [0.2, 0.25) is 0 Å². The Bertz CT molecular complexity index is 987. The van der Waals surface area contributed by atoms with Crippen molar-refractivity contribution < 1.29 is 19.1 Å². The fourth-order valence-electron chi connectivity index (χ4n) is 2.43. The van der Waals surface area contributed by atoms with Gasteiger partial charge in [0.1, 0.15) is 11.6 Å². The smallest absolute Gasteiger partial charge is 0.349 e. The van der Waals surface area contributed by atoms with Gasteiger partial charge in [-0.25, -0.2) is 4.79 Å². The first-order chi connectivity index (χ1) is 14.3. The highest BCUT2D eigenvalue weighted by Crippen LogP contribution is 2.15. The molecule has 0 heterocycles. The van der Waals surface area contributed by atoms with E-state index in [1.54, 1.807) is 42.5 Å². The second-order valence-corrected chi connectivity index (χ2v) is 6.44. The number of carbonyl (C=O) groups excluding carboxylic acids is 3. The van der Waals surface area contributed by atoms with Gasteiger partial charge in [-0.2, -0.15) is 5.26 Å². The van der Waals surface area contributed by atoms with E-state index in [9.17, 15) is 19.6 Å². The predicted molar refractivity (Wildman–Crippen MR) is 114 cm³/mol. The van der Waals surface area contributed by atoms with Gasteiger partial charge in [0.05, 0.1) is 0 Å². The molecule has 0 saturated heterocycles. The number of anilines is 2. The summed E-state index contributed by atoms with van der Waals surface area (Å²) >= 11 is 0. The Balaban J connectivity index is 1.93. The van der Waals surface area contributed by atoms with Crippen molar-refractivity contribution in [2.45, 2.75) is 0 Å². The fourth-order valence-corrected chi connectivity index (χ4v) is 2.43. The van der Waals surface area contributed by atoms with E-state index < -0.39 is 18.5 Å². The summed E-state index contributed by atoms with van der Waals surface area (Å²) < 4.78 is 4.93. The Morgan fingerprint density at radius 2 is 1.70 bits per heavy atom. The largest absolute Gasteiger partial charge is 0.451 e. The van der Waals surface area contributed by atoms with Gasteiger partial charge in [0.25, 0.3) is 11.8 Å². The van der Waals surface area contributed by atoms with Gasteiger partial charge in [0.2, 0.25) is 0 Å². The van der Waals surface area contributed by atoms with Gasteiger partial charge in [-0.15, -0.1) is 0 Å². The van der Waals surface area contributed by atoms with Crippen LogP contribution in [0.3, 0.4) is 0 Å². The molecule has 2 amide bonds. The van der Waals surface area contributed by atoms with Crippen LogP contribution in [0.4, 0.5) is 11.4 Å². The van der Waals surface area contributed by atoms with E-state index in [0.717, 1.165) is 5.69 Å². The van der Waals surface area contributed by atoms with Crippen molar-refractivity contribution in [2.75, 3.05) is 38.0 Å². The van der Waals surface area contributed by atoms with E-state index in [-0.39, 0.29) is 11.5 Å². The lowest BCUT2D eigenvalue weighted by Gasteiger charge is -2.11. The minimum absolute atomic E-state index is 0.213. The van der Waals surface area contributed by atoms with Gasteiger partial charge in [-0.3, -0.25) is 9.59 Å². The topological polar surface area (TPSA) is 112 Å². The highest BCUT2D eigenvalue weighted by Gasteiger charge is 2.13. The number of ether oxygens (including phenoxy) is 1. The molecule has 154 valence electrons. The fraction of sp³-hybridized carbons (Fsp3) is 0.182. The van der Waals surface area contributed by atoms with Crippen LogP contribution in [0, 0.1) is 11.3 Å². The quantitative estimate of drug-likeness (QED) is 0.414. The Morgan fingerprint density at radius 1 is 1.07 bits per heavy atom. The minimum atomic E-state index is -0.890. The van der Waals surface area contributed by atoms with Gasteiger partial charge < -0.3 is 20.3 Å². The van der Waals surface area contributed by atoms with Crippen molar-refractivity contribution in [1.29, 1.82) is 5.26 Å². The van der Waals surface area contributed by atoms with Crippen LogP contribution >= 0.6 is 0 Å². The van der Waals surface area contributed by atoms with Gasteiger partial charge in [-0.1, -0.05) is 12.1 Å². The van der Waals surface area contributed by atoms with Gasteiger partial charge in [0.15, 0.2) is 6.61 Å². The Morgan fingerprint density at radius 3 is 2.23 bits per heavy atom. The molecule has 0 bridgehead atoms. The number of nitriles is 1. The summed E-state index contributed by atoms with van der Waals surface area (Å²) in [6, 6.07) is 15.3. The van der Waals surface area contributed by atoms with E-state index in [1.807, 2.05) is 31.1 Å². The molecule has 0 aliphatic rings. The highest BCUT2D eigenvalue weighted by atomic mass is 16.5. The maximum absolute atomic E-state index is 12.1. The summed E-state index contributed by atoms with van der Waals surface area (Å²) in [4.78, 5) is 37.5. The lowest BCUT2D eigenvalue weighted by Crippen LogP contribution is -2.21. The van der Waals surface area contributed by atoms with E-state index in [2.05, 4.69) is 10.6 Å². The van der Waals surface area contributed by atoms with E-state index in [1.165, 1.54) is 13.1 Å². The molecule has 2 aromatic rings. The number of hydrogen-bond donors (Lipinski definition) is 2. The molecule has 2 N–H and O–H groups in total. The molecule has 8 nitrogen and oxygen atoms in total. The number of esters is 1. The molecule has 0 unspecified atom stereocenters. The maximum Gasteiger partial charge on any atom is 0.349 e. The number of rotatable bonds is 7. The summed E-state index contributed by atoms with van der Waals surface area (Å²) in [6.45, 7) is -0.547. The summed E-state index contributed by atoms with van der Waals surface area (Å²) in [5, 5.41) is 14.3. The number of amides is 2. The molecule has 0 aliphatic heterocycles. The molecule has 0 saturated carbocycles. The van der Waals surface area contributed by atoms with E-state index >= 15 is 0 Å². The molecule has 0 spiro atoms. The second kappa shape index (κ2) is 10.4. The molecule has 30 heavy (non-hydrogen) atoms. The molecule has 2 rings (SSSR count). The molecule has 2 aromatic carbocycles. The summed E-state index contributed by atoms with van der Waals surface area (Å²) in [5.41, 5.74) is 2.32. The van der Waals surface area contributed by atoms with Crippen LogP contribution < -0.4 is 15.5 Å². The average molecular weight is 406 g/mol. The van der Waals surface area contributed by atoms with Crippen LogP contribution in [0.15, 0.2) is 54.1 Å². The molecule has 8 heteroatoms. The van der Waals surface area contributed by atoms with Crippen molar-refractivity contribution in [2.24, 2.45) is 0 Å². The summed E-state index contributed by atoms with van der Waals surface area (Å²) in [5.74, 6) is -1.70. The molecule has 0 atom stereocenters. The minimum Gasteiger partial charge on any atom is -0.451 e. The monoisotopic (exact) mass is 406 g/mol. The van der Waals surface area contributed by atoms with Crippen molar-refractivity contribution in [3.63, 3.8) is 0 Å². The molecular weight excluding hydrogens is 384 g/mol. The van der Waals surface area contributed by atoms with Gasteiger partial charge in [0, 0.05) is 38.1 Å². The standard InChI is InChI=1S/C22H22N4O4/c1-24-21(28)16-6-8-18(9-7-16)25-20(27)14-30-22(29)17(13-23)12-15-4-10-19(11-5-15)26(2)3/h4-12H,14H2,1-3H3,(H,24,28)(H,25,27)/b17-12+. The predicted octanol–water partition coefficient (Wildman–Crippen LogP) is 2.20. The zero-order chi connectivity index (χ0) is 22.1. The number of nitrogens with zero attached hydrogens (tertiary/aromatic N) is 2. The van der Waals surface area contributed by atoms with Crippen molar-refractivity contribution in [3.05, 3.63) is 65.2 Å². The Kier molecular flexibility index (Phi) is 7.71. The Labute approximate surface area is 174 Å². The van der Waals surface area contributed by atoms with Crippen LogP contribution in [-0.2, 0) is 14.3 Å². The summed E-state index contributed by atoms with van der Waals surface area (Å²) in [7, 11) is 5.34. The van der Waals surface area contributed by atoms with E-state index in [0.29, 0.717) is 16.8 Å². The van der Waals surface area contributed by atoms with Crippen molar-refractivity contribution in [3.8, 4) is 6.07 Å². The third kappa shape index (κ3) is 6.21. The second-order valence-electron chi connectivity index (χ2n) is 6.44. The average Bonchev–Trinajstić information content (AvgIpc) is 2.76. The van der Waals surface area contributed by atoms with E-state index in [4.69, 9.17) is 4.74 Å². The van der Waals surface area contributed by atoms with Crippen LogP contribution in [0.1, 0.15) is 15.9 Å². The molecule has 0 radical (unpaired) electrons. The highest BCUT2D eigenvalue weighted by molar-refractivity contribution is 6.00. The zero-order valence-electron chi connectivity index (χ0n) is 16.9. The molecule has 0 aliphatic carbocycles. The normalized spacial score (nSPS) is 10.5. The third-order valence-electron chi connectivity index (χ3n) is 4.05.